The van der Waals surface area contributed by atoms with E-state index in [1.165, 1.54) is 0 Å². The summed E-state index contributed by atoms with van der Waals surface area (Å²) in [4.78, 5) is 12.6. The molecule has 5 nitrogen and oxygen atoms in total. The van der Waals surface area contributed by atoms with Crippen molar-refractivity contribution in [2.75, 3.05) is 13.2 Å². The lowest BCUT2D eigenvalue weighted by atomic mass is 10.1. The molecule has 0 bridgehead atoms. The van der Waals surface area contributed by atoms with Gasteiger partial charge < -0.3 is 19.5 Å². The maximum atomic E-state index is 12.6. The number of rotatable bonds is 7. The first-order valence-electron chi connectivity index (χ1n) is 9.06. The molecule has 138 valence electrons. The van der Waals surface area contributed by atoms with Crippen LogP contribution < -0.4 is 19.5 Å². The second-order valence-electron chi connectivity index (χ2n) is 6.22. The zero-order valence-electron chi connectivity index (χ0n) is 15.5. The Labute approximate surface area is 154 Å². The number of benzene rings is 2. The Bertz CT molecular complexity index is 749. The summed E-state index contributed by atoms with van der Waals surface area (Å²) in [5, 5.41) is 3.03. The van der Waals surface area contributed by atoms with Crippen LogP contribution in [-0.2, 0) is 11.2 Å². The SMILES string of the molecule is CCOc1ccc([C@@H](C)NC(=O)[C@H]2Cc3ccccc3O2)cc1OCC. The van der Waals surface area contributed by atoms with Crippen LogP contribution in [0.5, 0.6) is 17.2 Å². The molecule has 1 aliphatic heterocycles. The molecule has 5 heteroatoms. The molecule has 0 unspecified atom stereocenters. The number of ether oxygens (including phenoxy) is 3. The minimum atomic E-state index is -0.482. The topological polar surface area (TPSA) is 56.8 Å². The molecule has 0 spiro atoms. The largest absolute Gasteiger partial charge is 0.490 e. The minimum Gasteiger partial charge on any atom is -0.490 e. The highest BCUT2D eigenvalue weighted by Crippen LogP contribution is 2.31. The fourth-order valence-electron chi connectivity index (χ4n) is 3.06. The highest BCUT2D eigenvalue weighted by atomic mass is 16.5. The van der Waals surface area contributed by atoms with Gasteiger partial charge in [0.25, 0.3) is 5.91 Å². The molecule has 1 heterocycles. The Balaban J connectivity index is 1.67. The van der Waals surface area contributed by atoms with E-state index in [-0.39, 0.29) is 11.9 Å². The molecule has 3 rings (SSSR count). The van der Waals surface area contributed by atoms with Crippen LogP contribution in [0, 0.1) is 0 Å². The van der Waals surface area contributed by atoms with Crippen LogP contribution in [-0.4, -0.2) is 25.2 Å². The average Bonchev–Trinajstić information content (AvgIpc) is 3.08. The van der Waals surface area contributed by atoms with E-state index in [0.717, 1.165) is 16.9 Å². The molecule has 0 saturated carbocycles. The van der Waals surface area contributed by atoms with Gasteiger partial charge in [-0.1, -0.05) is 24.3 Å². The molecule has 1 N–H and O–H groups in total. The number of para-hydroxylation sites is 1. The van der Waals surface area contributed by atoms with Crippen LogP contribution in [0.1, 0.15) is 37.9 Å². The van der Waals surface area contributed by atoms with Gasteiger partial charge in [0, 0.05) is 6.42 Å². The van der Waals surface area contributed by atoms with Gasteiger partial charge in [0.1, 0.15) is 5.75 Å². The molecule has 1 amide bonds. The molecule has 0 aromatic heterocycles. The standard InChI is InChI=1S/C21H25NO4/c1-4-24-18-11-10-15(12-19(18)25-5-2)14(3)22-21(23)20-13-16-8-6-7-9-17(16)26-20/h6-12,14,20H,4-5,13H2,1-3H3,(H,22,23)/t14-,20-/m1/s1. The van der Waals surface area contributed by atoms with E-state index < -0.39 is 6.10 Å². The van der Waals surface area contributed by atoms with E-state index in [1.54, 1.807) is 0 Å². The first kappa shape index (κ1) is 18.1. The Morgan fingerprint density at radius 1 is 1.15 bits per heavy atom. The highest BCUT2D eigenvalue weighted by Gasteiger charge is 2.29. The summed E-state index contributed by atoms with van der Waals surface area (Å²) >= 11 is 0. The van der Waals surface area contributed by atoms with Crippen LogP contribution in [0.4, 0.5) is 0 Å². The fraction of sp³-hybridized carbons (Fsp3) is 0.381. The lowest BCUT2D eigenvalue weighted by Crippen LogP contribution is -2.38. The summed E-state index contributed by atoms with van der Waals surface area (Å²) in [5.74, 6) is 2.09. The summed E-state index contributed by atoms with van der Waals surface area (Å²) in [6.07, 6.45) is 0.117. The lowest BCUT2D eigenvalue weighted by Gasteiger charge is -2.19. The van der Waals surface area contributed by atoms with Crippen molar-refractivity contribution in [2.24, 2.45) is 0 Å². The van der Waals surface area contributed by atoms with Crippen LogP contribution in [0.2, 0.25) is 0 Å². The van der Waals surface area contributed by atoms with Crippen molar-refractivity contribution in [1.82, 2.24) is 5.32 Å². The number of carbonyl (C=O) groups excluding carboxylic acids is 1. The molecule has 1 aliphatic rings. The number of hydrogen-bond donors (Lipinski definition) is 1. The Morgan fingerprint density at radius 3 is 2.62 bits per heavy atom. The van der Waals surface area contributed by atoms with Crippen molar-refractivity contribution in [3.63, 3.8) is 0 Å². The van der Waals surface area contributed by atoms with Gasteiger partial charge in [-0.3, -0.25) is 4.79 Å². The van der Waals surface area contributed by atoms with Crippen molar-refractivity contribution in [3.8, 4) is 17.2 Å². The summed E-state index contributed by atoms with van der Waals surface area (Å²) in [6, 6.07) is 13.3. The lowest BCUT2D eigenvalue weighted by molar-refractivity contribution is -0.127. The summed E-state index contributed by atoms with van der Waals surface area (Å²) in [6.45, 7) is 6.95. The van der Waals surface area contributed by atoms with Gasteiger partial charge >= 0.3 is 0 Å². The van der Waals surface area contributed by atoms with Crippen molar-refractivity contribution in [1.29, 1.82) is 0 Å². The molecule has 0 aliphatic carbocycles. The molecule has 26 heavy (non-hydrogen) atoms. The van der Waals surface area contributed by atoms with Gasteiger partial charge in [-0.2, -0.15) is 0 Å². The van der Waals surface area contributed by atoms with E-state index in [2.05, 4.69) is 5.32 Å². The van der Waals surface area contributed by atoms with E-state index in [4.69, 9.17) is 14.2 Å². The Hall–Kier alpha value is -2.69. The van der Waals surface area contributed by atoms with Gasteiger partial charge in [0.15, 0.2) is 17.6 Å². The number of amides is 1. The molecule has 0 saturated heterocycles. The van der Waals surface area contributed by atoms with Crippen LogP contribution in [0.15, 0.2) is 42.5 Å². The monoisotopic (exact) mass is 355 g/mol. The molecule has 0 fully saturated rings. The quantitative estimate of drug-likeness (QED) is 0.823. The molecular formula is C21H25NO4. The van der Waals surface area contributed by atoms with E-state index in [0.29, 0.717) is 31.1 Å². The zero-order valence-corrected chi connectivity index (χ0v) is 15.5. The second kappa shape index (κ2) is 8.13. The summed E-state index contributed by atoms with van der Waals surface area (Å²) in [5.41, 5.74) is 2.03. The van der Waals surface area contributed by atoms with Crippen LogP contribution in [0.25, 0.3) is 0 Å². The van der Waals surface area contributed by atoms with E-state index >= 15 is 0 Å². The van der Waals surface area contributed by atoms with Crippen molar-refractivity contribution in [3.05, 3.63) is 53.6 Å². The fourth-order valence-corrected chi connectivity index (χ4v) is 3.06. The number of fused-ring (bicyclic) bond motifs is 1. The molecule has 2 atom stereocenters. The molecule has 2 aromatic carbocycles. The number of carbonyl (C=O) groups is 1. The maximum absolute atomic E-state index is 12.6. The van der Waals surface area contributed by atoms with Gasteiger partial charge in [-0.15, -0.1) is 0 Å². The van der Waals surface area contributed by atoms with Crippen LogP contribution in [0.3, 0.4) is 0 Å². The van der Waals surface area contributed by atoms with Gasteiger partial charge in [0.2, 0.25) is 0 Å². The predicted octanol–water partition coefficient (Wildman–Crippen LogP) is 3.66. The third-order valence-corrected chi connectivity index (χ3v) is 4.37. The number of nitrogens with one attached hydrogen (secondary N) is 1. The normalized spacial score (nSPS) is 16.3. The van der Waals surface area contributed by atoms with Crippen molar-refractivity contribution >= 4 is 5.91 Å². The summed E-state index contributed by atoms with van der Waals surface area (Å²) < 4.78 is 17.0. The maximum Gasteiger partial charge on any atom is 0.261 e. The Morgan fingerprint density at radius 2 is 1.88 bits per heavy atom. The molecular weight excluding hydrogens is 330 g/mol. The average molecular weight is 355 g/mol. The summed E-state index contributed by atoms with van der Waals surface area (Å²) in [7, 11) is 0. The van der Waals surface area contributed by atoms with Crippen molar-refractivity contribution < 1.29 is 19.0 Å². The smallest absolute Gasteiger partial charge is 0.261 e. The first-order valence-corrected chi connectivity index (χ1v) is 9.06. The zero-order chi connectivity index (χ0) is 18.5. The third-order valence-electron chi connectivity index (χ3n) is 4.37. The van der Waals surface area contributed by atoms with Crippen molar-refractivity contribution in [2.45, 2.75) is 39.3 Å². The second-order valence-corrected chi connectivity index (χ2v) is 6.22. The third kappa shape index (κ3) is 3.93. The van der Waals surface area contributed by atoms with E-state index in [9.17, 15) is 4.79 Å². The first-order chi connectivity index (χ1) is 12.6. The predicted molar refractivity (Wildman–Crippen MR) is 99.9 cm³/mol. The molecule has 0 radical (unpaired) electrons. The molecule has 2 aromatic rings. The number of hydrogen-bond acceptors (Lipinski definition) is 4. The van der Waals surface area contributed by atoms with Crippen LogP contribution >= 0.6 is 0 Å². The van der Waals surface area contributed by atoms with Gasteiger partial charge in [0.05, 0.1) is 19.3 Å². The Kier molecular flexibility index (Phi) is 5.66. The van der Waals surface area contributed by atoms with E-state index in [1.807, 2.05) is 63.2 Å². The van der Waals surface area contributed by atoms with Gasteiger partial charge in [-0.25, -0.2) is 0 Å². The highest BCUT2D eigenvalue weighted by molar-refractivity contribution is 5.83. The van der Waals surface area contributed by atoms with Gasteiger partial charge in [-0.05, 0) is 50.1 Å². The minimum absolute atomic E-state index is 0.111.